The molecule has 0 bridgehead atoms. The van der Waals surface area contributed by atoms with Crippen LogP contribution in [-0.2, 0) is 19.1 Å². The van der Waals surface area contributed by atoms with Gasteiger partial charge in [-0.1, -0.05) is 26.5 Å². The van der Waals surface area contributed by atoms with Crippen molar-refractivity contribution >= 4 is 11.9 Å². The van der Waals surface area contributed by atoms with E-state index in [1.54, 1.807) is 19.9 Å². The molecule has 138 valence electrons. The van der Waals surface area contributed by atoms with Crippen LogP contribution in [0, 0.1) is 22.7 Å². The molecule has 1 saturated heterocycles. The lowest BCUT2D eigenvalue weighted by Gasteiger charge is -2.46. The van der Waals surface area contributed by atoms with E-state index in [1.165, 1.54) is 0 Å². The Morgan fingerprint density at radius 2 is 2.12 bits per heavy atom. The molecule has 5 heteroatoms. The lowest BCUT2D eigenvalue weighted by Crippen LogP contribution is -2.48. The van der Waals surface area contributed by atoms with Gasteiger partial charge in [-0.2, -0.15) is 0 Å². The second-order valence-corrected chi connectivity index (χ2v) is 8.20. The summed E-state index contributed by atoms with van der Waals surface area (Å²) >= 11 is 0. The maximum Gasteiger partial charge on any atom is 0.333 e. The third-order valence-electron chi connectivity index (χ3n) is 7.06. The lowest BCUT2D eigenvalue weighted by atomic mass is 9.61. The molecule has 0 unspecified atom stereocenters. The Balaban J connectivity index is 1.98. The Morgan fingerprint density at radius 3 is 2.68 bits per heavy atom. The number of cyclic esters (lactones) is 1. The fraction of sp³-hybridized carbons (Fsp3) is 0.700. The Labute approximate surface area is 149 Å². The summed E-state index contributed by atoms with van der Waals surface area (Å²) in [6.07, 6.45) is 2.46. The fourth-order valence-corrected chi connectivity index (χ4v) is 5.11. The number of fused-ring (bicyclic) bond motifs is 1. The Hall–Kier alpha value is -1.62. The molecule has 25 heavy (non-hydrogen) atoms. The highest BCUT2D eigenvalue weighted by atomic mass is 16.5. The number of aliphatic hydroxyl groups excluding tert-OH is 1. The maximum absolute atomic E-state index is 12.5. The van der Waals surface area contributed by atoms with Gasteiger partial charge in [0.05, 0.1) is 6.10 Å². The summed E-state index contributed by atoms with van der Waals surface area (Å²) in [5, 5.41) is 11.2. The van der Waals surface area contributed by atoms with Crippen molar-refractivity contribution in [1.82, 2.24) is 0 Å². The normalized spacial score (nSPS) is 44.0. The molecule has 0 aromatic carbocycles. The van der Waals surface area contributed by atoms with Gasteiger partial charge in [-0.15, -0.1) is 0 Å². The number of esters is 2. The smallest absolute Gasteiger partial charge is 0.333 e. The van der Waals surface area contributed by atoms with Gasteiger partial charge in [-0.25, -0.2) is 4.79 Å². The SMILES string of the molecule is C=C1COC(=O)[C@]12C[C@@]1(C)[C@H]([C@@H](OC(=O)/C(C)=C/C)CC[C@@H]1C)[C@H]2O. The summed E-state index contributed by atoms with van der Waals surface area (Å²) in [5.74, 6) is -0.731. The quantitative estimate of drug-likeness (QED) is 0.472. The number of hydrogen-bond acceptors (Lipinski definition) is 5. The minimum atomic E-state index is -1.06. The molecule has 2 saturated carbocycles. The third-order valence-corrected chi connectivity index (χ3v) is 7.06. The molecule has 0 aromatic heterocycles. The largest absolute Gasteiger partial charge is 0.460 e. The molecule has 1 aliphatic heterocycles. The lowest BCUT2D eigenvalue weighted by molar-refractivity contribution is -0.161. The third kappa shape index (κ3) is 2.39. The number of ether oxygens (including phenoxy) is 2. The van der Waals surface area contributed by atoms with Crippen molar-refractivity contribution in [1.29, 1.82) is 0 Å². The molecule has 0 radical (unpaired) electrons. The van der Waals surface area contributed by atoms with Crippen molar-refractivity contribution in [2.24, 2.45) is 22.7 Å². The van der Waals surface area contributed by atoms with Gasteiger partial charge in [0.1, 0.15) is 18.1 Å². The standard InChI is InChI=1S/C20H28O5/c1-6-11(2)17(22)25-14-8-7-12(3)19(5)10-20(16(21)15(14)19)13(4)9-24-18(20)23/h6,12,14-16,21H,4,7-10H2,1-3,5H3/b11-6+/t12-,14-,15+,16+,19+,20+/m0/s1. The molecule has 5 nitrogen and oxygen atoms in total. The van der Waals surface area contributed by atoms with E-state index in [2.05, 4.69) is 20.4 Å². The van der Waals surface area contributed by atoms with Crippen molar-refractivity contribution in [3.63, 3.8) is 0 Å². The van der Waals surface area contributed by atoms with Gasteiger partial charge < -0.3 is 14.6 Å². The molecule has 3 aliphatic rings. The highest BCUT2D eigenvalue weighted by Crippen LogP contribution is 2.65. The topological polar surface area (TPSA) is 72.8 Å². The van der Waals surface area contributed by atoms with Gasteiger partial charge in [0.2, 0.25) is 0 Å². The van der Waals surface area contributed by atoms with Gasteiger partial charge in [-0.05, 0) is 50.0 Å². The Morgan fingerprint density at radius 1 is 1.44 bits per heavy atom. The van der Waals surface area contributed by atoms with Gasteiger partial charge in [-0.3, -0.25) is 4.79 Å². The zero-order valence-electron chi connectivity index (χ0n) is 15.5. The Kier molecular flexibility index (Phi) is 4.34. The van der Waals surface area contributed by atoms with Crippen LogP contribution >= 0.6 is 0 Å². The highest BCUT2D eigenvalue weighted by Gasteiger charge is 2.70. The van der Waals surface area contributed by atoms with E-state index in [4.69, 9.17) is 9.47 Å². The zero-order chi connectivity index (χ0) is 18.6. The first-order valence-electron chi connectivity index (χ1n) is 9.06. The van der Waals surface area contributed by atoms with Crippen LogP contribution in [-0.4, -0.2) is 35.9 Å². The van der Waals surface area contributed by atoms with Crippen molar-refractivity contribution in [2.75, 3.05) is 6.61 Å². The van der Waals surface area contributed by atoms with Crippen LogP contribution in [0.5, 0.6) is 0 Å². The van der Waals surface area contributed by atoms with Crippen LogP contribution in [0.2, 0.25) is 0 Å². The first-order chi connectivity index (χ1) is 11.7. The van der Waals surface area contributed by atoms with E-state index < -0.39 is 17.6 Å². The van der Waals surface area contributed by atoms with Gasteiger partial charge in [0.25, 0.3) is 0 Å². The monoisotopic (exact) mass is 348 g/mol. The average molecular weight is 348 g/mol. The van der Waals surface area contributed by atoms with E-state index in [0.717, 1.165) is 6.42 Å². The molecule has 0 amide bonds. The van der Waals surface area contributed by atoms with Crippen LogP contribution in [0.3, 0.4) is 0 Å². The summed E-state index contributed by atoms with van der Waals surface area (Å²) in [7, 11) is 0. The predicted octanol–water partition coefficient (Wildman–Crippen LogP) is 2.78. The van der Waals surface area contributed by atoms with E-state index >= 15 is 0 Å². The molecule has 1 N–H and O–H groups in total. The molecule has 6 atom stereocenters. The van der Waals surface area contributed by atoms with Gasteiger partial charge in [0.15, 0.2) is 0 Å². The maximum atomic E-state index is 12.5. The average Bonchev–Trinajstić information content (AvgIpc) is 3.00. The molecule has 2 aliphatic carbocycles. The number of carbonyl (C=O) groups excluding carboxylic acids is 2. The van der Waals surface area contributed by atoms with Crippen LogP contribution in [0.25, 0.3) is 0 Å². The number of hydrogen-bond donors (Lipinski definition) is 1. The van der Waals surface area contributed by atoms with Crippen molar-refractivity contribution in [3.8, 4) is 0 Å². The van der Waals surface area contributed by atoms with Crippen molar-refractivity contribution < 1.29 is 24.2 Å². The number of carbonyl (C=O) groups is 2. The summed E-state index contributed by atoms with van der Waals surface area (Å²) in [6.45, 7) is 11.9. The minimum absolute atomic E-state index is 0.162. The summed E-state index contributed by atoms with van der Waals surface area (Å²) in [5.41, 5.74) is -0.174. The molecular weight excluding hydrogens is 320 g/mol. The minimum Gasteiger partial charge on any atom is -0.460 e. The van der Waals surface area contributed by atoms with E-state index in [9.17, 15) is 14.7 Å². The molecule has 0 aromatic rings. The Bertz CT molecular complexity index is 632. The van der Waals surface area contributed by atoms with E-state index in [-0.39, 0.29) is 29.9 Å². The van der Waals surface area contributed by atoms with Crippen LogP contribution in [0.4, 0.5) is 0 Å². The molecule has 1 spiro atoms. The second-order valence-electron chi connectivity index (χ2n) is 8.20. The van der Waals surface area contributed by atoms with Crippen molar-refractivity contribution in [2.45, 2.75) is 59.2 Å². The van der Waals surface area contributed by atoms with Crippen LogP contribution in [0.15, 0.2) is 23.8 Å². The first kappa shape index (κ1) is 18.2. The summed E-state index contributed by atoms with van der Waals surface area (Å²) < 4.78 is 11.0. The van der Waals surface area contributed by atoms with Gasteiger partial charge in [0, 0.05) is 11.5 Å². The predicted molar refractivity (Wildman–Crippen MR) is 92.5 cm³/mol. The summed E-state index contributed by atoms with van der Waals surface area (Å²) in [6, 6.07) is 0. The second kappa shape index (κ2) is 5.97. The van der Waals surface area contributed by atoms with Crippen molar-refractivity contribution in [3.05, 3.63) is 23.8 Å². The van der Waals surface area contributed by atoms with Crippen LogP contribution < -0.4 is 0 Å². The van der Waals surface area contributed by atoms with Crippen LogP contribution in [0.1, 0.15) is 47.0 Å². The van der Waals surface area contributed by atoms with E-state index in [0.29, 0.717) is 29.9 Å². The zero-order valence-corrected chi connectivity index (χ0v) is 15.5. The molecular formula is C20H28O5. The molecule has 3 fully saturated rings. The van der Waals surface area contributed by atoms with Gasteiger partial charge >= 0.3 is 11.9 Å². The van der Waals surface area contributed by atoms with E-state index in [1.807, 2.05) is 0 Å². The highest BCUT2D eigenvalue weighted by molar-refractivity contribution is 5.88. The summed E-state index contributed by atoms with van der Waals surface area (Å²) in [4.78, 5) is 24.8. The molecule has 1 heterocycles. The number of rotatable bonds is 2. The first-order valence-corrected chi connectivity index (χ1v) is 9.06. The fourth-order valence-electron chi connectivity index (χ4n) is 5.11. The number of aliphatic hydroxyl groups is 1. The molecule has 3 rings (SSSR count). The number of allylic oxidation sites excluding steroid dienone is 1.